The van der Waals surface area contributed by atoms with Crippen LogP contribution in [0.1, 0.15) is 90.9 Å². The molecule has 0 saturated heterocycles. The monoisotopic (exact) mass is 440 g/mol. The molecule has 0 aliphatic carbocycles. The number of methoxy groups -OCH3 is 1. The Hall–Kier alpha value is -1.20. The zero-order valence-corrected chi connectivity index (χ0v) is 20.9. The summed E-state index contributed by atoms with van der Waals surface area (Å²) in [6, 6.07) is 0. The van der Waals surface area contributed by atoms with Crippen molar-refractivity contribution in [2.24, 2.45) is 0 Å². The molecule has 4 heteroatoms. The van der Waals surface area contributed by atoms with Gasteiger partial charge in [-0.3, -0.25) is 0 Å². The van der Waals surface area contributed by atoms with Crippen molar-refractivity contribution in [3.8, 4) is 0 Å². The minimum atomic E-state index is 0.251. The van der Waals surface area contributed by atoms with Crippen molar-refractivity contribution in [1.82, 2.24) is 0 Å². The maximum absolute atomic E-state index is 8.49. The number of ether oxygens (including phenoxy) is 2. The van der Waals surface area contributed by atoms with Crippen molar-refractivity contribution in [3.63, 3.8) is 0 Å². The van der Waals surface area contributed by atoms with Crippen LogP contribution in [0.4, 0.5) is 0 Å². The van der Waals surface area contributed by atoms with Crippen molar-refractivity contribution in [2.45, 2.75) is 90.9 Å². The quantitative estimate of drug-likeness (QED) is 0.127. The highest BCUT2D eigenvalue weighted by molar-refractivity contribution is 5.02. The standard InChI is InChI=1S/C14H26O2.C12H22O.CH4O/c1-3-4-5-6-7-8-9-10-11-12-13-16-14-15-2;1-2-3-4-5-6-7-8-9-10-11-12-13;1-2/h8-11H,3-7,12-14H2,1-2H3;7-10,13H,2-6,11-12H2,1H3;2H,1H3/b9-8-,11-10+;8-7-,10-9+;. The molecule has 31 heavy (non-hydrogen) atoms. The Labute approximate surface area is 193 Å². The smallest absolute Gasteiger partial charge is 0.146 e. The van der Waals surface area contributed by atoms with Gasteiger partial charge in [-0.25, -0.2) is 0 Å². The molecule has 0 unspecified atom stereocenters. The van der Waals surface area contributed by atoms with Crippen molar-refractivity contribution in [3.05, 3.63) is 48.6 Å². The number of allylic oxidation sites excluding steroid dienone is 6. The highest BCUT2D eigenvalue weighted by Crippen LogP contribution is 2.03. The largest absolute Gasteiger partial charge is 0.400 e. The number of unbranched alkanes of at least 4 members (excludes halogenated alkanes) is 8. The summed E-state index contributed by atoms with van der Waals surface area (Å²) in [7, 11) is 2.64. The number of aliphatic hydroxyl groups is 2. The lowest BCUT2D eigenvalue weighted by molar-refractivity contribution is -0.0285. The fourth-order valence-electron chi connectivity index (χ4n) is 2.45. The first-order chi connectivity index (χ1) is 15.3. The summed E-state index contributed by atoms with van der Waals surface area (Å²) in [5.41, 5.74) is 0. The molecule has 184 valence electrons. The van der Waals surface area contributed by atoms with Crippen LogP contribution in [-0.4, -0.2) is 44.4 Å². The fourth-order valence-corrected chi connectivity index (χ4v) is 2.45. The van der Waals surface area contributed by atoms with Crippen molar-refractivity contribution in [1.29, 1.82) is 0 Å². The van der Waals surface area contributed by atoms with E-state index < -0.39 is 0 Å². The first-order valence-corrected chi connectivity index (χ1v) is 12.1. The average Bonchev–Trinajstić information content (AvgIpc) is 2.80. The lowest BCUT2D eigenvalue weighted by Crippen LogP contribution is -1.96. The third-order valence-electron chi connectivity index (χ3n) is 4.14. The van der Waals surface area contributed by atoms with Gasteiger partial charge in [-0.1, -0.05) is 101 Å². The first kappa shape index (κ1) is 34.4. The molecule has 0 amide bonds. The SMILES string of the molecule is CCCCCC/C=C\C=C\CCO.CCCCCC/C=C\C=C\CCOCOC.CO. The van der Waals surface area contributed by atoms with Crippen molar-refractivity contribution >= 4 is 0 Å². The van der Waals surface area contributed by atoms with E-state index in [-0.39, 0.29) is 6.61 Å². The summed E-state index contributed by atoms with van der Waals surface area (Å²) >= 11 is 0. The van der Waals surface area contributed by atoms with Crippen LogP contribution in [0.25, 0.3) is 0 Å². The van der Waals surface area contributed by atoms with Crippen molar-refractivity contribution < 1.29 is 19.7 Å². The van der Waals surface area contributed by atoms with Gasteiger partial charge >= 0.3 is 0 Å². The van der Waals surface area contributed by atoms with Crippen LogP contribution in [0.5, 0.6) is 0 Å². The summed E-state index contributed by atoms with van der Waals surface area (Å²) in [6.45, 7) is 5.84. The van der Waals surface area contributed by atoms with Crippen molar-refractivity contribution in [2.75, 3.05) is 34.2 Å². The molecule has 0 aromatic heterocycles. The van der Waals surface area contributed by atoms with Crippen LogP contribution < -0.4 is 0 Å². The second-order valence-corrected chi connectivity index (χ2v) is 7.03. The molecule has 0 aliphatic rings. The average molecular weight is 441 g/mol. The topological polar surface area (TPSA) is 58.9 Å². The Bertz CT molecular complexity index is 367. The molecule has 0 aliphatic heterocycles. The maximum atomic E-state index is 8.49. The molecular formula is C27H52O4. The van der Waals surface area contributed by atoms with Gasteiger partial charge in [0.2, 0.25) is 0 Å². The van der Waals surface area contributed by atoms with E-state index >= 15 is 0 Å². The lowest BCUT2D eigenvalue weighted by atomic mass is 10.1. The number of hydrogen-bond donors (Lipinski definition) is 2. The number of rotatable bonds is 19. The van der Waals surface area contributed by atoms with Gasteiger partial charge in [-0.05, 0) is 38.5 Å². The summed E-state index contributed by atoms with van der Waals surface area (Å²) in [6.07, 6.45) is 31.6. The molecule has 4 nitrogen and oxygen atoms in total. The molecule has 0 heterocycles. The minimum absolute atomic E-state index is 0.251. The molecule has 0 saturated carbocycles. The van der Waals surface area contributed by atoms with Gasteiger partial charge in [0.15, 0.2) is 0 Å². The van der Waals surface area contributed by atoms with E-state index in [9.17, 15) is 0 Å². The van der Waals surface area contributed by atoms with Gasteiger partial charge in [0.05, 0.1) is 6.61 Å². The van der Waals surface area contributed by atoms with E-state index in [0.29, 0.717) is 6.79 Å². The van der Waals surface area contributed by atoms with E-state index in [4.69, 9.17) is 19.7 Å². The fraction of sp³-hybridized carbons (Fsp3) is 0.704. The molecule has 0 aromatic carbocycles. The first-order valence-electron chi connectivity index (χ1n) is 12.1. The molecule has 0 bridgehead atoms. The summed E-state index contributed by atoms with van der Waals surface area (Å²) < 4.78 is 9.93. The molecule has 2 N–H and O–H groups in total. The summed E-state index contributed by atoms with van der Waals surface area (Å²) in [5, 5.41) is 15.5. The second-order valence-electron chi connectivity index (χ2n) is 7.03. The lowest BCUT2D eigenvalue weighted by Gasteiger charge is -1.97. The third kappa shape index (κ3) is 43.5. The van der Waals surface area contributed by atoms with Crippen LogP contribution in [0.3, 0.4) is 0 Å². The number of aliphatic hydroxyl groups excluding tert-OH is 2. The molecule has 0 fully saturated rings. The van der Waals surface area contributed by atoms with Gasteiger partial charge in [0.25, 0.3) is 0 Å². The Morgan fingerprint density at radius 1 is 0.613 bits per heavy atom. The Morgan fingerprint density at radius 2 is 1.06 bits per heavy atom. The van der Waals surface area contributed by atoms with Crippen LogP contribution in [0.2, 0.25) is 0 Å². The molecule has 0 radical (unpaired) electrons. The van der Waals surface area contributed by atoms with Gasteiger partial charge in [0, 0.05) is 20.8 Å². The van der Waals surface area contributed by atoms with Crippen LogP contribution >= 0.6 is 0 Å². The van der Waals surface area contributed by atoms with Gasteiger partial charge in [-0.2, -0.15) is 0 Å². The van der Waals surface area contributed by atoms with E-state index in [1.807, 2.05) is 12.2 Å². The molecule has 0 atom stereocenters. The third-order valence-corrected chi connectivity index (χ3v) is 4.14. The summed E-state index contributed by atoms with van der Waals surface area (Å²) in [4.78, 5) is 0. The van der Waals surface area contributed by atoms with Crippen LogP contribution in [0, 0.1) is 0 Å². The van der Waals surface area contributed by atoms with Gasteiger partial charge in [-0.15, -0.1) is 0 Å². The highest BCUT2D eigenvalue weighted by Gasteiger charge is 1.84. The minimum Gasteiger partial charge on any atom is -0.400 e. The summed E-state index contributed by atoms with van der Waals surface area (Å²) in [5.74, 6) is 0. The highest BCUT2D eigenvalue weighted by atomic mass is 16.7. The van der Waals surface area contributed by atoms with Crippen LogP contribution in [0.15, 0.2) is 48.6 Å². The Morgan fingerprint density at radius 3 is 1.48 bits per heavy atom. The molecular weight excluding hydrogens is 388 g/mol. The zero-order chi connectivity index (χ0) is 23.7. The maximum Gasteiger partial charge on any atom is 0.146 e. The van der Waals surface area contributed by atoms with E-state index in [1.54, 1.807) is 7.11 Å². The second kappa shape index (κ2) is 39.3. The van der Waals surface area contributed by atoms with Gasteiger partial charge in [0.1, 0.15) is 6.79 Å². The Balaban J connectivity index is -0.000000476. The van der Waals surface area contributed by atoms with Gasteiger partial charge < -0.3 is 19.7 Å². The normalized spacial score (nSPS) is 11.3. The predicted molar refractivity (Wildman–Crippen MR) is 136 cm³/mol. The number of hydrogen-bond acceptors (Lipinski definition) is 4. The van der Waals surface area contributed by atoms with E-state index in [1.165, 1.54) is 64.2 Å². The predicted octanol–water partition coefficient (Wildman–Crippen LogP) is 7.14. The molecule has 0 rings (SSSR count). The molecule has 0 aromatic rings. The van der Waals surface area contributed by atoms with E-state index in [0.717, 1.165) is 26.6 Å². The zero-order valence-electron chi connectivity index (χ0n) is 20.9. The molecule has 0 spiro atoms. The van der Waals surface area contributed by atoms with Crippen LogP contribution in [-0.2, 0) is 9.47 Å². The van der Waals surface area contributed by atoms with E-state index in [2.05, 4.69) is 50.3 Å². The Kier molecular flexibility index (Phi) is 43.6.